The first-order valence-electron chi connectivity index (χ1n) is 2.92. The first kappa shape index (κ1) is 6.51. The van der Waals surface area contributed by atoms with E-state index in [-0.39, 0.29) is 0 Å². The topological polar surface area (TPSA) is 75.4 Å². The lowest BCUT2D eigenvalue weighted by Crippen LogP contribution is -2.51. The number of amides is 1. The Bertz CT molecular complexity index is 129. The van der Waals surface area contributed by atoms with E-state index >= 15 is 0 Å². The van der Waals surface area contributed by atoms with Gasteiger partial charge in [0.25, 0.3) is 5.91 Å². The van der Waals surface area contributed by atoms with Gasteiger partial charge >= 0.3 is 0 Å². The van der Waals surface area contributed by atoms with E-state index in [9.17, 15) is 9.90 Å². The Hall–Kier alpha value is -0.610. The largest absolute Gasteiger partial charge is 0.367 e. The Balaban J connectivity index is 2.61. The Kier molecular flexibility index (Phi) is 1.42. The van der Waals surface area contributed by atoms with Crippen molar-refractivity contribution < 1.29 is 9.90 Å². The second kappa shape index (κ2) is 1.97. The van der Waals surface area contributed by atoms with Gasteiger partial charge in [0, 0.05) is 6.42 Å². The first-order chi connectivity index (χ1) is 4.15. The van der Waals surface area contributed by atoms with E-state index < -0.39 is 11.6 Å². The molecule has 4 N–H and O–H groups in total. The minimum atomic E-state index is -1.42. The molecule has 1 heterocycles. The van der Waals surface area contributed by atoms with Crippen molar-refractivity contribution in [2.75, 3.05) is 6.54 Å². The molecular formula is C5H10N2O2. The molecule has 52 valence electrons. The van der Waals surface area contributed by atoms with Gasteiger partial charge in [-0.25, -0.2) is 0 Å². The summed E-state index contributed by atoms with van der Waals surface area (Å²) in [6.45, 7) is 0.666. The molecule has 0 spiro atoms. The number of aliphatic hydroxyl groups is 1. The summed E-state index contributed by atoms with van der Waals surface area (Å²) in [7, 11) is 0. The maximum atomic E-state index is 10.4. The lowest BCUT2D eigenvalue weighted by molar-refractivity contribution is -0.137. The molecule has 0 aromatic rings. The lowest BCUT2D eigenvalue weighted by Gasteiger charge is -2.16. The van der Waals surface area contributed by atoms with Crippen LogP contribution in [-0.4, -0.2) is 23.3 Å². The van der Waals surface area contributed by atoms with Crippen LogP contribution in [0.25, 0.3) is 0 Å². The molecular weight excluding hydrogens is 120 g/mol. The molecule has 4 heteroatoms. The van der Waals surface area contributed by atoms with E-state index in [1.165, 1.54) is 0 Å². The Morgan fingerprint density at radius 1 is 1.78 bits per heavy atom. The molecule has 0 saturated carbocycles. The van der Waals surface area contributed by atoms with Crippen molar-refractivity contribution in [3.63, 3.8) is 0 Å². The van der Waals surface area contributed by atoms with Gasteiger partial charge in [0.1, 0.15) is 0 Å². The number of rotatable bonds is 1. The van der Waals surface area contributed by atoms with E-state index in [1.54, 1.807) is 0 Å². The van der Waals surface area contributed by atoms with Crippen molar-refractivity contribution in [3.8, 4) is 0 Å². The Morgan fingerprint density at radius 3 is 2.67 bits per heavy atom. The van der Waals surface area contributed by atoms with Gasteiger partial charge in [-0.2, -0.15) is 0 Å². The standard InChI is InChI=1S/C5H10N2O2/c6-4(8)5(9)2-1-3-7-5/h7,9H,1-3H2,(H2,6,8). The number of carbonyl (C=O) groups excluding carboxylic acids is 1. The summed E-state index contributed by atoms with van der Waals surface area (Å²) >= 11 is 0. The van der Waals surface area contributed by atoms with Gasteiger partial charge in [0.2, 0.25) is 0 Å². The second-order valence-electron chi connectivity index (χ2n) is 2.25. The second-order valence-corrected chi connectivity index (χ2v) is 2.25. The maximum absolute atomic E-state index is 10.4. The normalized spacial score (nSPS) is 34.8. The quantitative estimate of drug-likeness (QED) is 0.406. The number of hydrogen-bond acceptors (Lipinski definition) is 3. The average molecular weight is 130 g/mol. The molecule has 0 aromatic carbocycles. The van der Waals surface area contributed by atoms with Crippen molar-refractivity contribution in [2.24, 2.45) is 5.73 Å². The molecule has 1 aliphatic rings. The van der Waals surface area contributed by atoms with Crippen LogP contribution < -0.4 is 11.1 Å². The van der Waals surface area contributed by atoms with Crippen LogP contribution in [0.5, 0.6) is 0 Å². The lowest BCUT2D eigenvalue weighted by atomic mass is 10.1. The summed E-state index contributed by atoms with van der Waals surface area (Å²) in [6.07, 6.45) is 1.24. The van der Waals surface area contributed by atoms with Gasteiger partial charge in [0.15, 0.2) is 5.72 Å². The highest BCUT2D eigenvalue weighted by molar-refractivity contribution is 5.82. The van der Waals surface area contributed by atoms with E-state index in [1.807, 2.05) is 0 Å². The van der Waals surface area contributed by atoms with Crippen molar-refractivity contribution in [3.05, 3.63) is 0 Å². The zero-order valence-electron chi connectivity index (χ0n) is 5.05. The summed E-state index contributed by atoms with van der Waals surface area (Å²) in [4.78, 5) is 10.4. The molecule has 0 aromatic heterocycles. The summed E-state index contributed by atoms with van der Waals surface area (Å²) in [5.74, 6) is -0.681. The van der Waals surface area contributed by atoms with Gasteiger partial charge in [-0.1, -0.05) is 0 Å². The number of nitrogens with one attached hydrogen (secondary N) is 1. The van der Waals surface area contributed by atoms with Crippen LogP contribution in [-0.2, 0) is 4.79 Å². The fourth-order valence-electron chi connectivity index (χ4n) is 0.938. The van der Waals surface area contributed by atoms with Crippen molar-refractivity contribution in [1.29, 1.82) is 0 Å². The molecule has 1 saturated heterocycles. The Morgan fingerprint density at radius 2 is 2.44 bits per heavy atom. The van der Waals surface area contributed by atoms with Crippen LogP contribution in [0, 0.1) is 0 Å². The zero-order chi connectivity index (χ0) is 6.91. The van der Waals surface area contributed by atoms with E-state index in [4.69, 9.17) is 5.73 Å². The van der Waals surface area contributed by atoms with Crippen LogP contribution in [0.4, 0.5) is 0 Å². The smallest absolute Gasteiger partial charge is 0.264 e. The monoisotopic (exact) mass is 130 g/mol. The third-order valence-electron chi connectivity index (χ3n) is 1.54. The van der Waals surface area contributed by atoms with E-state index in [2.05, 4.69) is 5.32 Å². The summed E-state index contributed by atoms with van der Waals surface area (Å²) in [5, 5.41) is 11.8. The molecule has 1 aliphatic heterocycles. The fraction of sp³-hybridized carbons (Fsp3) is 0.800. The molecule has 0 bridgehead atoms. The van der Waals surface area contributed by atoms with Gasteiger partial charge in [-0.3, -0.25) is 10.1 Å². The highest BCUT2D eigenvalue weighted by atomic mass is 16.3. The molecule has 0 aliphatic carbocycles. The van der Waals surface area contributed by atoms with Gasteiger partial charge in [-0.05, 0) is 13.0 Å². The summed E-state index contributed by atoms with van der Waals surface area (Å²) in [6, 6.07) is 0. The van der Waals surface area contributed by atoms with Crippen molar-refractivity contribution in [1.82, 2.24) is 5.32 Å². The summed E-state index contributed by atoms with van der Waals surface area (Å²) in [5.41, 5.74) is 3.46. The molecule has 0 radical (unpaired) electrons. The fourth-order valence-corrected chi connectivity index (χ4v) is 0.938. The third-order valence-corrected chi connectivity index (χ3v) is 1.54. The van der Waals surface area contributed by atoms with E-state index in [0.717, 1.165) is 6.42 Å². The number of nitrogens with two attached hydrogens (primary N) is 1. The third kappa shape index (κ3) is 1.04. The van der Waals surface area contributed by atoms with Crippen LogP contribution >= 0.6 is 0 Å². The number of carbonyl (C=O) groups is 1. The van der Waals surface area contributed by atoms with Crippen LogP contribution in [0.3, 0.4) is 0 Å². The highest BCUT2D eigenvalue weighted by Gasteiger charge is 2.36. The molecule has 1 amide bonds. The molecule has 4 nitrogen and oxygen atoms in total. The van der Waals surface area contributed by atoms with Crippen LogP contribution in [0.15, 0.2) is 0 Å². The predicted molar refractivity (Wildman–Crippen MR) is 31.4 cm³/mol. The van der Waals surface area contributed by atoms with Crippen LogP contribution in [0.2, 0.25) is 0 Å². The maximum Gasteiger partial charge on any atom is 0.264 e. The average Bonchev–Trinajstić information content (AvgIpc) is 2.16. The van der Waals surface area contributed by atoms with E-state index in [0.29, 0.717) is 13.0 Å². The minimum absolute atomic E-state index is 0.433. The van der Waals surface area contributed by atoms with Gasteiger partial charge in [0.05, 0.1) is 0 Å². The molecule has 9 heavy (non-hydrogen) atoms. The van der Waals surface area contributed by atoms with Crippen LogP contribution in [0.1, 0.15) is 12.8 Å². The highest BCUT2D eigenvalue weighted by Crippen LogP contribution is 2.14. The predicted octanol–water partition coefficient (Wildman–Crippen LogP) is -1.46. The molecule has 1 fully saturated rings. The Labute approximate surface area is 53.0 Å². The summed E-state index contributed by atoms with van der Waals surface area (Å²) < 4.78 is 0. The number of primary amides is 1. The van der Waals surface area contributed by atoms with Crippen molar-refractivity contribution >= 4 is 5.91 Å². The van der Waals surface area contributed by atoms with Gasteiger partial charge in [-0.15, -0.1) is 0 Å². The zero-order valence-corrected chi connectivity index (χ0v) is 5.05. The minimum Gasteiger partial charge on any atom is -0.367 e. The first-order valence-corrected chi connectivity index (χ1v) is 2.92. The number of hydrogen-bond donors (Lipinski definition) is 3. The molecule has 1 atom stereocenters. The van der Waals surface area contributed by atoms with Crippen molar-refractivity contribution in [2.45, 2.75) is 18.6 Å². The molecule has 1 unspecified atom stereocenters. The SMILES string of the molecule is NC(=O)C1(O)CCCN1. The van der Waals surface area contributed by atoms with Gasteiger partial charge < -0.3 is 10.8 Å². The molecule has 1 rings (SSSR count).